The van der Waals surface area contributed by atoms with E-state index in [1.54, 1.807) is 22.6 Å². The highest BCUT2D eigenvalue weighted by molar-refractivity contribution is 7.89. The Kier molecular flexibility index (Phi) is 9.57. The zero-order valence-electron chi connectivity index (χ0n) is 23.9. The molecule has 1 amide bonds. The van der Waals surface area contributed by atoms with Gasteiger partial charge in [0.1, 0.15) is 0 Å². The summed E-state index contributed by atoms with van der Waals surface area (Å²) in [5.74, 6) is -0.0836. The van der Waals surface area contributed by atoms with Crippen LogP contribution < -0.4 is 5.73 Å². The van der Waals surface area contributed by atoms with Crippen LogP contribution in [-0.2, 0) is 16.6 Å². The molecule has 3 N–H and O–H groups in total. The van der Waals surface area contributed by atoms with Gasteiger partial charge in [0, 0.05) is 55.1 Å². The lowest BCUT2D eigenvalue weighted by atomic mass is 9.89. The van der Waals surface area contributed by atoms with Crippen molar-refractivity contribution in [2.24, 2.45) is 5.73 Å². The minimum Gasteiger partial charge on any atom is -0.366 e. The number of piperidine rings is 1. The molecule has 226 valence electrons. The molecule has 2 aliphatic heterocycles. The first-order valence-corrected chi connectivity index (χ1v) is 16.5. The summed E-state index contributed by atoms with van der Waals surface area (Å²) in [5.41, 5.74) is 10.5. The Balaban J connectivity index is 0.000000714. The van der Waals surface area contributed by atoms with Gasteiger partial charge in [0.2, 0.25) is 10.0 Å². The van der Waals surface area contributed by atoms with E-state index in [2.05, 4.69) is 41.2 Å². The molecule has 3 aromatic rings. The Morgan fingerprint density at radius 3 is 2.27 bits per heavy atom. The number of halogens is 3. The van der Waals surface area contributed by atoms with Gasteiger partial charge in [0.05, 0.1) is 16.8 Å². The van der Waals surface area contributed by atoms with E-state index >= 15 is 0 Å². The maximum atomic E-state index is 12.4. The van der Waals surface area contributed by atoms with Crippen molar-refractivity contribution in [3.8, 4) is 10.4 Å². The van der Waals surface area contributed by atoms with Crippen LogP contribution in [0, 0.1) is 0 Å². The quantitative estimate of drug-likeness (QED) is 0.320. The summed E-state index contributed by atoms with van der Waals surface area (Å²) >= 11 is 1.70. The van der Waals surface area contributed by atoms with Gasteiger partial charge in [-0.2, -0.15) is 13.2 Å². The molecule has 2 atom stereocenters. The number of primary amides is 1. The molecule has 1 aromatic carbocycles. The number of carbonyl (C=O) groups excluding carboxylic acids is 1. The summed E-state index contributed by atoms with van der Waals surface area (Å²) in [5, 5.41) is 3.23. The highest BCUT2D eigenvalue weighted by atomic mass is 32.2. The van der Waals surface area contributed by atoms with E-state index in [-0.39, 0.29) is 18.6 Å². The lowest BCUT2D eigenvalue weighted by Crippen LogP contribution is -2.38. The maximum absolute atomic E-state index is 12.4. The number of hydrogen-bond acceptors (Lipinski definition) is 5. The van der Waals surface area contributed by atoms with Crippen molar-refractivity contribution in [1.29, 1.82) is 0 Å². The number of aromatic nitrogens is 1. The van der Waals surface area contributed by atoms with Crippen LogP contribution in [0.4, 0.5) is 13.2 Å². The molecule has 2 saturated heterocycles. The third-order valence-corrected chi connectivity index (χ3v) is 11.1. The molecule has 2 aliphatic rings. The number of sulfonamides is 1. The zero-order chi connectivity index (χ0) is 30.1. The first-order valence-electron chi connectivity index (χ1n) is 14.0. The van der Waals surface area contributed by atoms with Crippen LogP contribution in [0.1, 0.15) is 80.8 Å². The Morgan fingerprint density at radius 2 is 1.71 bits per heavy atom. The monoisotopic (exact) mass is 612 g/mol. The van der Waals surface area contributed by atoms with Crippen LogP contribution in [0.15, 0.2) is 29.8 Å². The fourth-order valence-corrected chi connectivity index (χ4v) is 7.96. The molecule has 0 spiro atoms. The smallest absolute Gasteiger partial charge is 0.366 e. The number of likely N-dealkylation sites (tertiary alicyclic amines) is 1. The first kappa shape index (κ1) is 31.5. The lowest BCUT2D eigenvalue weighted by Gasteiger charge is -2.31. The van der Waals surface area contributed by atoms with Crippen LogP contribution in [0.3, 0.4) is 0 Å². The van der Waals surface area contributed by atoms with E-state index in [9.17, 15) is 26.4 Å². The zero-order valence-corrected chi connectivity index (χ0v) is 25.6. The molecular weight excluding hydrogens is 573 g/mol. The molecule has 1 unspecified atom stereocenters. The van der Waals surface area contributed by atoms with Gasteiger partial charge < -0.3 is 10.7 Å². The summed E-state index contributed by atoms with van der Waals surface area (Å²) in [6.45, 7) is 8.48. The summed E-state index contributed by atoms with van der Waals surface area (Å²) < 4.78 is 57.3. The molecule has 41 heavy (non-hydrogen) atoms. The van der Waals surface area contributed by atoms with E-state index < -0.39 is 22.1 Å². The minimum atomic E-state index is -4.00. The van der Waals surface area contributed by atoms with Crippen molar-refractivity contribution in [3.05, 3.63) is 46.5 Å². The van der Waals surface area contributed by atoms with E-state index in [1.165, 1.54) is 18.4 Å². The molecule has 12 heteroatoms. The second-order valence-electron chi connectivity index (χ2n) is 11.2. The number of amides is 1. The third-order valence-electron chi connectivity index (χ3n) is 8.18. The summed E-state index contributed by atoms with van der Waals surface area (Å²) in [6, 6.07) is 7.51. The van der Waals surface area contributed by atoms with Gasteiger partial charge in [-0.05, 0) is 92.6 Å². The second-order valence-corrected chi connectivity index (χ2v) is 14.3. The number of H-pyrrole nitrogens is 1. The van der Waals surface area contributed by atoms with Gasteiger partial charge >= 0.3 is 6.18 Å². The molecule has 0 bridgehead atoms. The lowest BCUT2D eigenvalue weighted by molar-refractivity contribution is -0.110. The van der Waals surface area contributed by atoms with Crippen molar-refractivity contribution in [3.63, 3.8) is 0 Å². The van der Waals surface area contributed by atoms with E-state index in [0.717, 1.165) is 46.3 Å². The average Bonchev–Trinajstić information content (AvgIpc) is 3.63. The van der Waals surface area contributed by atoms with Gasteiger partial charge in [-0.25, -0.2) is 12.7 Å². The molecule has 2 aromatic heterocycles. The number of nitrogens with zero attached hydrogens (tertiary/aromatic N) is 2. The Labute approximate surface area is 243 Å². The number of nitrogens with one attached hydrogen (secondary N) is 1. The van der Waals surface area contributed by atoms with Crippen LogP contribution in [0.5, 0.6) is 0 Å². The van der Waals surface area contributed by atoms with E-state index in [1.807, 2.05) is 12.3 Å². The number of alkyl halides is 3. The second kappa shape index (κ2) is 12.4. The normalized spacial score (nSPS) is 21.2. The molecule has 0 aliphatic carbocycles. The highest BCUT2D eigenvalue weighted by Crippen LogP contribution is 2.39. The molecule has 2 fully saturated rings. The van der Waals surface area contributed by atoms with Crippen molar-refractivity contribution >= 4 is 38.2 Å². The fraction of sp³-hybridized carbons (Fsp3) is 0.552. The van der Waals surface area contributed by atoms with Crippen molar-refractivity contribution in [1.82, 2.24) is 14.2 Å². The molecule has 5 rings (SSSR count). The highest BCUT2D eigenvalue weighted by Gasteiger charge is 2.30. The number of rotatable bonds is 7. The first-order chi connectivity index (χ1) is 19.2. The minimum absolute atomic E-state index is 0.133. The van der Waals surface area contributed by atoms with Gasteiger partial charge in [0.25, 0.3) is 5.91 Å². The Bertz CT molecular complexity index is 1460. The predicted molar refractivity (Wildman–Crippen MR) is 159 cm³/mol. The topological polar surface area (TPSA) is 99.5 Å². The molecule has 7 nitrogen and oxygen atoms in total. The standard InChI is InChI=1S/C27H36N4O3S2.C2H3F3/c1-4-36(33,34)30-9-7-20(8-10-30)24-14-29-26-22(24)12-21(13-23(26)27(28)32)25-11-19(16-35-25)15-31-17(2)5-6-18(31)3;1-2(3,4)5/h11-14,16-18,20,29H,4-10,15H2,1-3H3,(H2,28,32);1H3/t17-,18?;/m1./s1. The van der Waals surface area contributed by atoms with Crippen molar-refractivity contribution in [2.45, 2.75) is 84.1 Å². The van der Waals surface area contributed by atoms with Crippen LogP contribution >= 0.6 is 11.3 Å². The Hall–Kier alpha value is -2.41. The third kappa shape index (κ3) is 7.52. The molecule has 4 heterocycles. The van der Waals surface area contributed by atoms with Gasteiger partial charge in [0.15, 0.2) is 0 Å². The summed E-state index contributed by atoms with van der Waals surface area (Å²) in [4.78, 5) is 19.4. The largest absolute Gasteiger partial charge is 0.386 e. The van der Waals surface area contributed by atoms with Gasteiger partial charge in [-0.15, -0.1) is 11.3 Å². The molecule has 0 radical (unpaired) electrons. The number of hydrogen-bond donors (Lipinski definition) is 2. The Morgan fingerprint density at radius 1 is 1.10 bits per heavy atom. The summed E-state index contributed by atoms with van der Waals surface area (Å²) in [6.07, 6.45) is 1.99. The van der Waals surface area contributed by atoms with Gasteiger partial charge in [-0.1, -0.05) is 0 Å². The van der Waals surface area contributed by atoms with Crippen molar-refractivity contribution < 1.29 is 26.4 Å². The molecular formula is C29H39F3N4O3S2. The fourth-order valence-electron chi connectivity index (χ4n) is 5.94. The summed E-state index contributed by atoms with van der Waals surface area (Å²) in [7, 11) is -3.17. The number of aromatic amines is 1. The van der Waals surface area contributed by atoms with E-state index in [0.29, 0.717) is 30.7 Å². The van der Waals surface area contributed by atoms with Crippen LogP contribution in [0.2, 0.25) is 0 Å². The molecule has 0 saturated carbocycles. The number of benzene rings is 1. The van der Waals surface area contributed by atoms with E-state index in [4.69, 9.17) is 5.73 Å². The van der Waals surface area contributed by atoms with Gasteiger partial charge in [-0.3, -0.25) is 9.69 Å². The van der Waals surface area contributed by atoms with Crippen LogP contribution in [-0.4, -0.2) is 65.6 Å². The van der Waals surface area contributed by atoms with Crippen molar-refractivity contribution in [2.75, 3.05) is 18.8 Å². The SMILES string of the molecule is CC(F)(F)F.CCS(=O)(=O)N1CCC(c2c[nH]c3c(C(N)=O)cc(-c4cc(CN5C(C)CC[C@H]5C)cs4)cc23)CC1. The number of carbonyl (C=O) groups is 1. The van der Waals surface area contributed by atoms with Crippen LogP contribution in [0.25, 0.3) is 21.3 Å². The number of thiophene rings is 1. The number of fused-ring (bicyclic) bond motifs is 1. The number of nitrogens with two attached hydrogens (primary N) is 1. The average molecular weight is 613 g/mol. The maximum Gasteiger partial charge on any atom is 0.386 e. The predicted octanol–water partition coefficient (Wildman–Crippen LogP) is 6.47.